The smallest absolute Gasteiger partial charge is 0.257 e. The highest BCUT2D eigenvalue weighted by Gasteiger charge is 2.42. The van der Waals surface area contributed by atoms with E-state index in [2.05, 4.69) is 15.4 Å². The number of nitrogens with one attached hydrogen (secondary N) is 1. The standard InChI is InChI=1S/C20H25N5O3/c1-13-15(12-23-25(13)18-5-3-4-8-22-18)20(27)24-9-10-28-17-7-6-14(11-16(17)24)19(26)21-2/h3-5,8,12,14,16-17H,6-7,9-11H2,1-2H3,(H,21,26)/t14-,16+,17+/m0/s1. The fourth-order valence-electron chi connectivity index (χ4n) is 4.29. The lowest BCUT2D eigenvalue weighted by Crippen LogP contribution is -2.57. The number of amides is 2. The van der Waals surface area contributed by atoms with E-state index in [1.807, 2.05) is 30.0 Å². The predicted molar refractivity (Wildman–Crippen MR) is 102 cm³/mol. The van der Waals surface area contributed by atoms with E-state index in [4.69, 9.17) is 4.74 Å². The van der Waals surface area contributed by atoms with Gasteiger partial charge in [-0.25, -0.2) is 9.67 Å². The first-order valence-electron chi connectivity index (χ1n) is 9.70. The third-order valence-corrected chi connectivity index (χ3v) is 5.80. The molecule has 1 saturated heterocycles. The maximum absolute atomic E-state index is 13.4. The minimum absolute atomic E-state index is 0.00949. The molecule has 3 atom stereocenters. The summed E-state index contributed by atoms with van der Waals surface area (Å²) in [5.74, 6) is 0.572. The number of hydrogen-bond acceptors (Lipinski definition) is 5. The summed E-state index contributed by atoms with van der Waals surface area (Å²) in [5, 5.41) is 7.11. The summed E-state index contributed by atoms with van der Waals surface area (Å²) in [6.45, 7) is 2.92. The molecule has 2 fully saturated rings. The largest absolute Gasteiger partial charge is 0.374 e. The third-order valence-electron chi connectivity index (χ3n) is 5.80. The van der Waals surface area contributed by atoms with Gasteiger partial charge in [0.1, 0.15) is 0 Å². The molecule has 2 aromatic rings. The monoisotopic (exact) mass is 383 g/mol. The second-order valence-corrected chi connectivity index (χ2v) is 7.34. The van der Waals surface area contributed by atoms with E-state index in [-0.39, 0.29) is 29.9 Å². The van der Waals surface area contributed by atoms with Crippen LogP contribution in [0.5, 0.6) is 0 Å². The minimum Gasteiger partial charge on any atom is -0.374 e. The fourth-order valence-corrected chi connectivity index (χ4v) is 4.29. The van der Waals surface area contributed by atoms with Gasteiger partial charge in [0.25, 0.3) is 5.91 Å². The second-order valence-electron chi connectivity index (χ2n) is 7.34. The number of carbonyl (C=O) groups excluding carboxylic acids is 2. The second kappa shape index (κ2) is 7.71. The van der Waals surface area contributed by atoms with Crippen molar-refractivity contribution in [3.63, 3.8) is 0 Å². The average molecular weight is 383 g/mol. The average Bonchev–Trinajstić information content (AvgIpc) is 3.13. The van der Waals surface area contributed by atoms with Crippen molar-refractivity contribution < 1.29 is 14.3 Å². The minimum atomic E-state index is -0.0881. The van der Waals surface area contributed by atoms with Crippen LogP contribution in [0.2, 0.25) is 0 Å². The molecule has 1 saturated carbocycles. The maximum Gasteiger partial charge on any atom is 0.257 e. The van der Waals surface area contributed by atoms with E-state index in [1.165, 1.54) is 0 Å². The lowest BCUT2D eigenvalue weighted by molar-refractivity contribution is -0.131. The summed E-state index contributed by atoms with van der Waals surface area (Å²) in [7, 11) is 1.66. The van der Waals surface area contributed by atoms with E-state index < -0.39 is 0 Å². The Kier molecular flexibility index (Phi) is 5.13. The highest BCUT2D eigenvalue weighted by Crippen LogP contribution is 2.33. The molecule has 2 amide bonds. The Hall–Kier alpha value is -2.74. The van der Waals surface area contributed by atoms with Gasteiger partial charge in [0.15, 0.2) is 5.82 Å². The van der Waals surface area contributed by atoms with Crippen molar-refractivity contribution in [1.82, 2.24) is 25.0 Å². The topological polar surface area (TPSA) is 89.4 Å². The van der Waals surface area contributed by atoms with Gasteiger partial charge in [0.05, 0.1) is 36.2 Å². The van der Waals surface area contributed by atoms with Crippen molar-refractivity contribution in [2.45, 2.75) is 38.3 Å². The molecule has 1 aliphatic heterocycles. The van der Waals surface area contributed by atoms with E-state index in [0.29, 0.717) is 31.0 Å². The van der Waals surface area contributed by atoms with Gasteiger partial charge in [-0.3, -0.25) is 9.59 Å². The van der Waals surface area contributed by atoms with Gasteiger partial charge in [0.2, 0.25) is 5.91 Å². The molecule has 0 bridgehead atoms. The zero-order valence-electron chi connectivity index (χ0n) is 16.2. The molecule has 2 aromatic heterocycles. The Bertz CT molecular complexity index is 866. The van der Waals surface area contributed by atoms with E-state index in [0.717, 1.165) is 18.5 Å². The quantitative estimate of drug-likeness (QED) is 0.864. The molecule has 8 nitrogen and oxygen atoms in total. The summed E-state index contributed by atoms with van der Waals surface area (Å²) in [4.78, 5) is 31.7. The van der Waals surface area contributed by atoms with E-state index in [1.54, 1.807) is 24.1 Å². The van der Waals surface area contributed by atoms with E-state index in [9.17, 15) is 9.59 Å². The van der Waals surface area contributed by atoms with Gasteiger partial charge in [-0.15, -0.1) is 0 Å². The van der Waals surface area contributed by atoms with Crippen LogP contribution in [0.4, 0.5) is 0 Å². The number of carbonyl (C=O) groups is 2. The lowest BCUT2D eigenvalue weighted by Gasteiger charge is -2.45. The van der Waals surface area contributed by atoms with Gasteiger partial charge < -0.3 is 15.0 Å². The van der Waals surface area contributed by atoms with Crippen LogP contribution in [-0.4, -0.2) is 63.8 Å². The number of rotatable bonds is 3. The highest BCUT2D eigenvalue weighted by atomic mass is 16.5. The molecule has 28 heavy (non-hydrogen) atoms. The SMILES string of the molecule is CNC(=O)[C@H]1CC[C@H]2OCCN(C(=O)c3cnn(-c4ccccn4)c3C)[C@@H]2C1. The van der Waals surface area contributed by atoms with Gasteiger partial charge in [-0.05, 0) is 38.3 Å². The predicted octanol–water partition coefficient (Wildman–Crippen LogP) is 1.33. The molecule has 0 radical (unpaired) electrons. The van der Waals surface area contributed by atoms with Crippen LogP contribution in [-0.2, 0) is 9.53 Å². The van der Waals surface area contributed by atoms with E-state index >= 15 is 0 Å². The number of nitrogens with zero attached hydrogens (tertiary/aromatic N) is 4. The molecule has 2 aliphatic rings. The van der Waals surface area contributed by atoms with Crippen molar-refractivity contribution in [2.75, 3.05) is 20.2 Å². The first kappa shape index (κ1) is 18.6. The summed E-state index contributed by atoms with van der Waals surface area (Å²) in [6.07, 6.45) is 5.51. The Morgan fingerprint density at radius 1 is 1.29 bits per heavy atom. The highest BCUT2D eigenvalue weighted by molar-refractivity contribution is 5.95. The van der Waals surface area contributed by atoms with Crippen molar-refractivity contribution in [3.05, 3.63) is 41.9 Å². The molecule has 0 unspecified atom stereocenters. The lowest BCUT2D eigenvalue weighted by atomic mass is 9.81. The van der Waals surface area contributed by atoms with Gasteiger partial charge in [-0.1, -0.05) is 6.07 Å². The number of ether oxygens (including phenoxy) is 1. The Labute approximate surface area is 163 Å². The molecule has 8 heteroatoms. The molecule has 4 rings (SSSR count). The van der Waals surface area contributed by atoms with Crippen molar-refractivity contribution in [3.8, 4) is 5.82 Å². The van der Waals surface area contributed by atoms with Crippen molar-refractivity contribution in [1.29, 1.82) is 0 Å². The third kappa shape index (κ3) is 3.28. The van der Waals surface area contributed by atoms with Gasteiger partial charge in [-0.2, -0.15) is 5.10 Å². The van der Waals surface area contributed by atoms with Crippen molar-refractivity contribution in [2.24, 2.45) is 5.92 Å². The molecular formula is C20H25N5O3. The van der Waals surface area contributed by atoms with Crippen molar-refractivity contribution >= 4 is 11.8 Å². The normalized spacial score (nSPS) is 24.5. The molecule has 0 spiro atoms. The van der Waals surface area contributed by atoms with Crippen LogP contribution >= 0.6 is 0 Å². The number of pyridine rings is 1. The Morgan fingerprint density at radius 3 is 2.89 bits per heavy atom. The summed E-state index contributed by atoms with van der Waals surface area (Å²) < 4.78 is 7.59. The van der Waals surface area contributed by atoms with Gasteiger partial charge in [0, 0.05) is 25.7 Å². The van der Waals surface area contributed by atoms with Crippen LogP contribution < -0.4 is 5.32 Å². The van der Waals surface area contributed by atoms with Crippen LogP contribution in [0, 0.1) is 12.8 Å². The summed E-state index contributed by atoms with van der Waals surface area (Å²) in [6, 6.07) is 5.50. The molecule has 0 aromatic carbocycles. The molecule has 148 valence electrons. The molecule has 1 aliphatic carbocycles. The molecule has 1 N–H and O–H groups in total. The van der Waals surface area contributed by atoms with Crippen LogP contribution in [0.15, 0.2) is 30.6 Å². The fraction of sp³-hybridized carbons (Fsp3) is 0.500. The van der Waals surface area contributed by atoms with Gasteiger partial charge >= 0.3 is 0 Å². The zero-order valence-corrected chi connectivity index (χ0v) is 16.2. The Morgan fingerprint density at radius 2 is 2.14 bits per heavy atom. The molecular weight excluding hydrogens is 358 g/mol. The first-order valence-corrected chi connectivity index (χ1v) is 9.70. The van der Waals surface area contributed by atoms with Crippen LogP contribution in [0.1, 0.15) is 35.3 Å². The number of hydrogen-bond donors (Lipinski definition) is 1. The number of morpholine rings is 1. The summed E-state index contributed by atoms with van der Waals surface area (Å²) in [5.41, 5.74) is 1.32. The summed E-state index contributed by atoms with van der Waals surface area (Å²) >= 11 is 0. The van der Waals surface area contributed by atoms with Crippen LogP contribution in [0.25, 0.3) is 5.82 Å². The number of fused-ring (bicyclic) bond motifs is 1. The molecule has 3 heterocycles. The first-order chi connectivity index (χ1) is 13.6. The van der Waals surface area contributed by atoms with Crippen LogP contribution in [0.3, 0.4) is 0 Å². The number of aromatic nitrogens is 3. The maximum atomic E-state index is 13.4. The Balaban J connectivity index is 1.59. The zero-order chi connectivity index (χ0) is 19.7.